The molecule has 2 aliphatic rings. The first-order valence-corrected chi connectivity index (χ1v) is 9.78. The van der Waals surface area contributed by atoms with Gasteiger partial charge in [-0.25, -0.2) is 4.98 Å². The van der Waals surface area contributed by atoms with Gasteiger partial charge >= 0.3 is 0 Å². The number of nitrogens with zero attached hydrogens (tertiary/aromatic N) is 5. The highest BCUT2D eigenvalue weighted by molar-refractivity contribution is 5.73. The van der Waals surface area contributed by atoms with Crippen LogP contribution in [0.25, 0.3) is 22.4 Å². The third-order valence-corrected chi connectivity index (χ3v) is 5.15. The number of anilines is 1. The Hall–Kier alpha value is -4.06. The van der Waals surface area contributed by atoms with Crippen molar-refractivity contribution in [3.05, 3.63) is 36.8 Å². The summed E-state index contributed by atoms with van der Waals surface area (Å²) in [6.45, 7) is 1.34. The molecule has 5 rings (SSSR count). The van der Waals surface area contributed by atoms with Gasteiger partial charge < -0.3 is 25.5 Å². The molecule has 2 saturated heterocycles. The van der Waals surface area contributed by atoms with Crippen LogP contribution in [0, 0.1) is 0 Å². The number of aromatic amines is 1. The highest BCUT2D eigenvalue weighted by Crippen LogP contribution is 2.32. The summed E-state index contributed by atoms with van der Waals surface area (Å²) < 4.78 is 0. The van der Waals surface area contributed by atoms with Crippen LogP contribution in [0.1, 0.15) is 12.8 Å². The van der Waals surface area contributed by atoms with Gasteiger partial charge in [0.05, 0.1) is 12.4 Å². The van der Waals surface area contributed by atoms with Gasteiger partial charge in [-0.15, -0.1) is 10.2 Å². The number of phenolic OH excluding ortho intramolecular Hbond substituents is 1. The number of hydrogen-bond acceptors (Lipinski definition) is 9. The van der Waals surface area contributed by atoms with E-state index in [1.54, 1.807) is 24.7 Å². The molecule has 168 valence electrons. The van der Waals surface area contributed by atoms with Crippen molar-refractivity contribution in [3.63, 3.8) is 0 Å². The zero-order chi connectivity index (χ0) is 22.9. The third kappa shape index (κ3) is 5.35. The maximum atomic E-state index is 10.4. The number of rotatable bonds is 3. The standard InChI is InChI=1S/C18H19N7O.2CH2O2/c26-17-5-11(12-6-20-21-7-12)1-4-15(17)16-8-19-18(24-23-16)25-9-13-2-3-14(10-25)22-13;2*2-1-3/h1,4-8,13-14,22,26H,2-3,9-10H2,(H,20,21);2*1H,(H,2,3). The van der Waals surface area contributed by atoms with E-state index in [1.165, 1.54) is 12.8 Å². The van der Waals surface area contributed by atoms with Crippen molar-refractivity contribution < 1.29 is 24.9 Å². The van der Waals surface area contributed by atoms with Gasteiger partial charge in [0.2, 0.25) is 5.95 Å². The Morgan fingerprint density at radius 3 is 2.22 bits per heavy atom. The number of benzene rings is 1. The minimum atomic E-state index is -0.250. The Kier molecular flexibility index (Phi) is 7.65. The van der Waals surface area contributed by atoms with Crippen molar-refractivity contribution in [1.82, 2.24) is 30.7 Å². The molecule has 3 aromatic rings. The number of nitrogens with one attached hydrogen (secondary N) is 2. The molecule has 12 heteroatoms. The second-order valence-electron chi connectivity index (χ2n) is 7.12. The highest BCUT2D eigenvalue weighted by Gasteiger charge is 2.33. The molecule has 2 aliphatic heterocycles. The van der Waals surface area contributed by atoms with E-state index in [0.29, 0.717) is 29.3 Å². The predicted molar refractivity (Wildman–Crippen MR) is 114 cm³/mol. The first kappa shape index (κ1) is 22.6. The summed E-state index contributed by atoms with van der Waals surface area (Å²) in [4.78, 5) is 23.4. The summed E-state index contributed by atoms with van der Waals surface area (Å²) in [5, 5.41) is 43.1. The monoisotopic (exact) mass is 441 g/mol. The number of hydrogen-bond donors (Lipinski definition) is 5. The molecule has 0 aliphatic carbocycles. The lowest BCUT2D eigenvalue weighted by molar-refractivity contribution is -0.123. The van der Waals surface area contributed by atoms with E-state index >= 15 is 0 Å². The quantitative estimate of drug-likeness (QED) is 0.366. The molecule has 2 fully saturated rings. The Morgan fingerprint density at radius 2 is 1.69 bits per heavy atom. The smallest absolute Gasteiger partial charge is 0.290 e. The van der Waals surface area contributed by atoms with Gasteiger partial charge in [-0.1, -0.05) is 6.07 Å². The summed E-state index contributed by atoms with van der Waals surface area (Å²) in [7, 11) is 0. The number of phenols is 1. The second-order valence-corrected chi connectivity index (χ2v) is 7.12. The minimum Gasteiger partial charge on any atom is -0.507 e. The molecular formula is C20H23N7O5. The van der Waals surface area contributed by atoms with Gasteiger partial charge in [-0.3, -0.25) is 14.7 Å². The van der Waals surface area contributed by atoms with E-state index < -0.39 is 0 Å². The SMILES string of the molecule is O=CO.O=CO.Oc1cc(-c2cn[nH]c2)ccc1-c1cnc(N2CC3CCC(C2)N3)nn1. The number of carbonyl (C=O) groups is 2. The Bertz CT molecular complexity index is 996. The molecule has 2 atom stereocenters. The number of aromatic hydroxyl groups is 1. The van der Waals surface area contributed by atoms with Crippen LogP contribution in [0.15, 0.2) is 36.8 Å². The maximum Gasteiger partial charge on any atom is 0.290 e. The molecule has 32 heavy (non-hydrogen) atoms. The van der Waals surface area contributed by atoms with E-state index in [4.69, 9.17) is 19.8 Å². The third-order valence-electron chi connectivity index (χ3n) is 5.15. The number of aromatic nitrogens is 5. The Labute approximate surface area is 183 Å². The molecule has 0 saturated carbocycles. The van der Waals surface area contributed by atoms with Crippen LogP contribution in [0.2, 0.25) is 0 Å². The summed E-state index contributed by atoms with van der Waals surface area (Å²) in [5.41, 5.74) is 2.97. The molecule has 0 spiro atoms. The van der Waals surface area contributed by atoms with E-state index in [-0.39, 0.29) is 18.7 Å². The van der Waals surface area contributed by atoms with Crippen LogP contribution >= 0.6 is 0 Å². The Morgan fingerprint density at radius 1 is 1.00 bits per heavy atom. The molecule has 2 aromatic heterocycles. The molecular weight excluding hydrogens is 418 g/mol. The van der Waals surface area contributed by atoms with Crippen molar-refractivity contribution in [3.8, 4) is 28.1 Å². The largest absolute Gasteiger partial charge is 0.507 e. The van der Waals surface area contributed by atoms with Crippen molar-refractivity contribution in [2.75, 3.05) is 18.0 Å². The summed E-state index contributed by atoms with van der Waals surface area (Å²) in [6.07, 6.45) is 7.60. The molecule has 2 unspecified atom stereocenters. The lowest BCUT2D eigenvalue weighted by Crippen LogP contribution is -2.51. The lowest BCUT2D eigenvalue weighted by Gasteiger charge is -2.32. The number of carboxylic acid groups (broad SMARTS) is 2. The van der Waals surface area contributed by atoms with Crippen LogP contribution in [0.5, 0.6) is 5.75 Å². The topological polar surface area (TPSA) is 177 Å². The molecule has 12 nitrogen and oxygen atoms in total. The second kappa shape index (κ2) is 10.8. The fourth-order valence-electron chi connectivity index (χ4n) is 3.83. The first-order chi connectivity index (χ1) is 15.6. The highest BCUT2D eigenvalue weighted by atomic mass is 16.3. The van der Waals surface area contributed by atoms with Gasteiger partial charge in [-0.05, 0) is 30.5 Å². The van der Waals surface area contributed by atoms with Crippen LogP contribution in [0.3, 0.4) is 0 Å². The number of H-pyrrole nitrogens is 1. The zero-order valence-corrected chi connectivity index (χ0v) is 17.0. The average Bonchev–Trinajstić information content (AvgIpc) is 3.45. The zero-order valence-electron chi connectivity index (χ0n) is 17.0. The van der Waals surface area contributed by atoms with Crippen LogP contribution in [-0.4, -0.2) is 78.8 Å². The van der Waals surface area contributed by atoms with E-state index in [9.17, 15) is 5.11 Å². The van der Waals surface area contributed by atoms with Crippen LogP contribution in [0.4, 0.5) is 5.95 Å². The van der Waals surface area contributed by atoms with Gasteiger partial charge in [0, 0.05) is 42.5 Å². The van der Waals surface area contributed by atoms with Crippen molar-refractivity contribution in [2.45, 2.75) is 24.9 Å². The summed E-state index contributed by atoms with van der Waals surface area (Å²) >= 11 is 0. The number of fused-ring (bicyclic) bond motifs is 2. The van der Waals surface area contributed by atoms with Crippen LogP contribution in [-0.2, 0) is 9.59 Å². The number of piperazine rings is 1. The molecule has 5 N–H and O–H groups in total. The van der Waals surface area contributed by atoms with Crippen molar-refractivity contribution >= 4 is 18.9 Å². The molecule has 1 aromatic carbocycles. The van der Waals surface area contributed by atoms with E-state index in [1.807, 2.05) is 12.1 Å². The van der Waals surface area contributed by atoms with Gasteiger partial charge in [0.1, 0.15) is 11.4 Å². The predicted octanol–water partition coefficient (Wildman–Crippen LogP) is 0.976. The van der Waals surface area contributed by atoms with Gasteiger partial charge in [0.15, 0.2) is 0 Å². The van der Waals surface area contributed by atoms with E-state index in [2.05, 4.69) is 35.6 Å². The molecule has 0 radical (unpaired) electrons. The lowest BCUT2D eigenvalue weighted by atomic mass is 10.0. The fraction of sp³-hybridized carbons (Fsp3) is 0.300. The summed E-state index contributed by atoms with van der Waals surface area (Å²) in [6, 6.07) is 6.49. The van der Waals surface area contributed by atoms with Crippen molar-refractivity contribution in [2.24, 2.45) is 0 Å². The summed E-state index contributed by atoms with van der Waals surface area (Å²) in [5.74, 6) is 0.800. The molecule has 2 bridgehead atoms. The fourth-order valence-corrected chi connectivity index (χ4v) is 3.83. The molecule has 0 amide bonds. The maximum absolute atomic E-state index is 10.4. The average molecular weight is 441 g/mol. The first-order valence-electron chi connectivity index (χ1n) is 9.78. The van der Waals surface area contributed by atoms with Crippen LogP contribution < -0.4 is 10.2 Å². The Balaban J connectivity index is 0.000000437. The van der Waals surface area contributed by atoms with Gasteiger partial charge in [-0.2, -0.15) is 5.10 Å². The normalized spacial score (nSPS) is 18.6. The van der Waals surface area contributed by atoms with Crippen molar-refractivity contribution in [1.29, 1.82) is 0 Å². The van der Waals surface area contributed by atoms with E-state index in [0.717, 1.165) is 24.2 Å². The van der Waals surface area contributed by atoms with Gasteiger partial charge in [0.25, 0.3) is 12.9 Å². The minimum absolute atomic E-state index is 0.146. The molecule has 4 heterocycles.